The maximum Gasteiger partial charge on any atom is 0.288 e. The summed E-state index contributed by atoms with van der Waals surface area (Å²) in [5.41, 5.74) is 1.83. The highest BCUT2D eigenvalue weighted by molar-refractivity contribution is 7.12. The number of aryl methyl sites for hydroxylation is 1. The van der Waals surface area contributed by atoms with E-state index in [0.717, 1.165) is 0 Å². The Bertz CT molecular complexity index is 817. The molecule has 1 N–H and O–H groups in total. The van der Waals surface area contributed by atoms with Gasteiger partial charge in [-0.3, -0.25) is 9.59 Å². The van der Waals surface area contributed by atoms with Crippen molar-refractivity contribution in [3.8, 4) is 0 Å². The van der Waals surface area contributed by atoms with E-state index in [1.165, 1.54) is 27.4 Å². The van der Waals surface area contributed by atoms with Crippen LogP contribution in [0.4, 0.5) is 5.69 Å². The Balaban J connectivity index is 1.90. The van der Waals surface area contributed by atoms with Gasteiger partial charge in [0.2, 0.25) is 0 Å². The van der Waals surface area contributed by atoms with Crippen LogP contribution in [0.1, 0.15) is 30.7 Å². The molecule has 0 aliphatic heterocycles. The molecule has 3 aromatic heterocycles. The molecule has 0 unspecified atom stereocenters. The summed E-state index contributed by atoms with van der Waals surface area (Å²) in [6.07, 6.45) is 0. The van der Waals surface area contributed by atoms with E-state index in [1.54, 1.807) is 26.0 Å². The summed E-state index contributed by atoms with van der Waals surface area (Å²) in [5, 5.41) is 10.8. The van der Waals surface area contributed by atoms with E-state index >= 15 is 0 Å². The van der Waals surface area contributed by atoms with Crippen molar-refractivity contribution >= 4 is 40.2 Å². The van der Waals surface area contributed by atoms with Crippen molar-refractivity contribution < 1.29 is 9.59 Å². The summed E-state index contributed by atoms with van der Waals surface area (Å²) >= 11 is 2.73. The number of carbonyl (C=O) groups is 2. The summed E-state index contributed by atoms with van der Waals surface area (Å²) in [4.78, 5) is 25.8. The van der Waals surface area contributed by atoms with E-state index in [2.05, 4.69) is 10.4 Å². The molecule has 22 heavy (non-hydrogen) atoms. The largest absolute Gasteiger partial charge is 0.318 e. The van der Waals surface area contributed by atoms with Crippen LogP contribution in [0.2, 0.25) is 0 Å². The first-order valence-corrected chi connectivity index (χ1v) is 8.33. The maximum atomic E-state index is 12.4. The van der Waals surface area contributed by atoms with E-state index in [0.29, 0.717) is 26.8 Å². The van der Waals surface area contributed by atoms with Crippen LogP contribution in [0.3, 0.4) is 0 Å². The van der Waals surface area contributed by atoms with Gasteiger partial charge < -0.3 is 5.32 Å². The molecule has 3 aromatic rings. The van der Waals surface area contributed by atoms with Crippen LogP contribution in [0.5, 0.6) is 0 Å². The highest BCUT2D eigenvalue weighted by atomic mass is 32.1. The lowest BCUT2D eigenvalue weighted by Gasteiger charge is -2.04. The van der Waals surface area contributed by atoms with Gasteiger partial charge in [-0.1, -0.05) is 12.1 Å². The Labute approximate surface area is 135 Å². The van der Waals surface area contributed by atoms with Crippen molar-refractivity contribution in [2.24, 2.45) is 0 Å². The Morgan fingerprint density at radius 3 is 2.32 bits per heavy atom. The summed E-state index contributed by atoms with van der Waals surface area (Å²) in [7, 11) is 0. The number of carbonyl (C=O) groups excluding carboxylic acids is 2. The zero-order valence-corrected chi connectivity index (χ0v) is 13.6. The van der Waals surface area contributed by atoms with E-state index in [1.807, 2.05) is 22.9 Å². The minimum absolute atomic E-state index is 0.188. The number of thiophene rings is 2. The zero-order valence-electron chi connectivity index (χ0n) is 12.0. The van der Waals surface area contributed by atoms with Crippen molar-refractivity contribution in [2.75, 3.05) is 5.32 Å². The van der Waals surface area contributed by atoms with Crippen LogP contribution in [0.15, 0.2) is 35.0 Å². The summed E-state index contributed by atoms with van der Waals surface area (Å²) in [5.74, 6) is -0.378. The standard InChI is InChI=1S/C15H13N3O2S2/c1-9-13(16-14(19)11-5-3-7-21-11)10(2)18(17-9)15(20)12-6-4-8-22-12/h3-8H,1-2H3,(H,16,19). The lowest BCUT2D eigenvalue weighted by molar-refractivity contribution is 0.0945. The van der Waals surface area contributed by atoms with Crippen LogP contribution >= 0.6 is 22.7 Å². The van der Waals surface area contributed by atoms with Gasteiger partial charge in [0.15, 0.2) is 0 Å². The van der Waals surface area contributed by atoms with E-state index in [4.69, 9.17) is 0 Å². The van der Waals surface area contributed by atoms with Gasteiger partial charge in [0, 0.05) is 0 Å². The number of amides is 1. The second-order valence-electron chi connectivity index (χ2n) is 4.67. The summed E-state index contributed by atoms with van der Waals surface area (Å²) in [6.45, 7) is 3.55. The van der Waals surface area contributed by atoms with Crippen molar-refractivity contribution in [3.63, 3.8) is 0 Å². The fraction of sp³-hybridized carbons (Fsp3) is 0.133. The van der Waals surface area contributed by atoms with Crippen LogP contribution in [-0.2, 0) is 0 Å². The second-order valence-corrected chi connectivity index (χ2v) is 6.57. The van der Waals surface area contributed by atoms with Crippen LogP contribution < -0.4 is 5.32 Å². The first kappa shape index (κ1) is 14.7. The Morgan fingerprint density at radius 2 is 1.73 bits per heavy atom. The molecule has 0 saturated heterocycles. The topological polar surface area (TPSA) is 64.0 Å². The molecule has 112 valence electrons. The lowest BCUT2D eigenvalue weighted by atomic mass is 10.3. The molecule has 0 atom stereocenters. The summed E-state index contributed by atoms with van der Waals surface area (Å²) < 4.78 is 1.34. The highest BCUT2D eigenvalue weighted by Gasteiger charge is 2.20. The third-order valence-electron chi connectivity index (χ3n) is 3.20. The fourth-order valence-corrected chi connectivity index (χ4v) is 3.38. The predicted molar refractivity (Wildman–Crippen MR) is 88.0 cm³/mol. The van der Waals surface area contributed by atoms with Gasteiger partial charge in [0.25, 0.3) is 11.8 Å². The van der Waals surface area contributed by atoms with Gasteiger partial charge in [0.1, 0.15) is 0 Å². The smallest absolute Gasteiger partial charge is 0.288 e. The Morgan fingerprint density at radius 1 is 1.09 bits per heavy atom. The fourth-order valence-electron chi connectivity index (χ4n) is 2.11. The van der Waals surface area contributed by atoms with Gasteiger partial charge >= 0.3 is 0 Å². The molecule has 7 heteroatoms. The number of nitrogens with one attached hydrogen (secondary N) is 1. The van der Waals surface area contributed by atoms with Gasteiger partial charge in [-0.05, 0) is 36.7 Å². The quantitative estimate of drug-likeness (QED) is 0.798. The molecule has 0 aliphatic carbocycles. The molecule has 1 amide bonds. The molecule has 0 radical (unpaired) electrons. The third-order valence-corrected chi connectivity index (χ3v) is 4.93. The van der Waals surface area contributed by atoms with Crippen molar-refractivity contribution in [3.05, 3.63) is 56.2 Å². The molecule has 0 saturated carbocycles. The molecule has 0 bridgehead atoms. The number of hydrogen-bond donors (Lipinski definition) is 1. The predicted octanol–water partition coefficient (Wildman–Crippen LogP) is 3.56. The Hall–Kier alpha value is -2.25. The monoisotopic (exact) mass is 331 g/mol. The van der Waals surface area contributed by atoms with Gasteiger partial charge in [-0.2, -0.15) is 9.78 Å². The molecule has 0 aliphatic rings. The summed E-state index contributed by atoms with van der Waals surface area (Å²) in [6, 6.07) is 7.16. The minimum atomic E-state index is -0.190. The van der Waals surface area contributed by atoms with Gasteiger partial charge in [-0.25, -0.2) is 0 Å². The lowest BCUT2D eigenvalue weighted by Crippen LogP contribution is -2.15. The molecule has 0 aromatic carbocycles. The SMILES string of the molecule is Cc1nn(C(=O)c2cccs2)c(C)c1NC(=O)c1cccs1. The molecular formula is C15H13N3O2S2. The van der Waals surface area contributed by atoms with Crippen molar-refractivity contribution in [1.29, 1.82) is 0 Å². The number of rotatable bonds is 3. The van der Waals surface area contributed by atoms with Crippen LogP contribution in [0, 0.1) is 13.8 Å². The normalized spacial score (nSPS) is 10.6. The van der Waals surface area contributed by atoms with Crippen LogP contribution in [-0.4, -0.2) is 21.6 Å². The zero-order chi connectivity index (χ0) is 15.7. The Kier molecular flexibility index (Phi) is 3.91. The minimum Gasteiger partial charge on any atom is -0.318 e. The van der Waals surface area contributed by atoms with Gasteiger partial charge in [0.05, 0.1) is 26.8 Å². The average Bonchev–Trinajstić information content (AvgIpc) is 3.23. The molecule has 5 nitrogen and oxygen atoms in total. The van der Waals surface area contributed by atoms with Gasteiger partial charge in [-0.15, -0.1) is 22.7 Å². The van der Waals surface area contributed by atoms with Crippen molar-refractivity contribution in [2.45, 2.75) is 13.8 Å². The molecule has 3 rings (SSSR count). The maximum absolute atomic E-state index is 12.4. The average molecular weight is 331 g/mol. The first-order valence-electron chi connectivity index (χ1n) is 6.57. The number of hydrogen-bond acceptors (Lipinski definition) is 5. The van der Waals surface area contributed by atoms with Crippen molar-refractivity contribution in [1.82, 2.24) is 9.78 Å². The molecule has 0 fully saturated rings. The highest BCUT2D eigenvalue weighted by Crippen LogP contribution is 2.23. The molecule has 3 heterocycles. The van der Waals surface area contributed by atoms with Crippen LogP contribution in [0.25, 0.3) is 0 Å². The number of anilines is 1. The molecular weight excluding hydrogens is 318 g/mol. The molecule has 0 spiro atoms. The second kappa shape index (κ2) is 5.86. The van der Waals surface area contributed by atoms with E-state index in [9.17, 15) is 9.59 Å². The number of aromatic nitrogens is 2. The van der Waals surface area contributed by atoms with E-state index in [-0.39, 0.29) is 11.8 Å². The first-order chi connectivity index (χ1) is 10.6. The van der Waals surface area contributed by atoms with E-state index < -0.39 is 0 Å². The third kappa shape index (κ3) is 2.60. The number of nitrogens with zero attached hydrogens (tertiary/aromatic N) is 2.